The molecule has 4 heteroatoms. The Morgan fingerprint density at radius 2 is 2.11 bits per heavy atom. The van der Waals surface area contributed by atoms with Crippen LogP contribution in [-0.4, -0.2) is 17.9 Å². The molecule has 0 unspecified atom stereocenters. The summed E-state index contributed by atoms with van der Waals surface area (Å²) in [6, 6.07) is 3.75. The second-order valence-corrected chi connectivity index (χ2v) is 4.98. The highest BCUT2D eigenvalue weighted by molar-refractivity contribution is 5.95. The van der Waals surface area contributed by atoms with Crippen LogP contribution in [0.5, 0.6) is 0 Å². The van der Waals surface area contributed by atoms with Crippen LogP contribution >= 0.6 is 0 Å². The Hall–Kier alpha value is -1.58. The Bertz CT molecular complexity index is 408. The lowest BCUT2D eigenvalue weighted by molar-refractivity contribution is -0.125. The average molecular weight is 247 g/mol. The van der Waals surface area contributed by atoms with Gasteiger partial charge in [0.25, 0.3) is 0 Å². The molecular weight excluding hydrogens is 226 g/mol. The van der Waals surface area contributed by atoms with Gasteiger partial charge in [0.15, 0.2) is 0 Å². The van der Waals surface area contributed by atoms with Crippen LogP contribution in [0.3, 0.4) is 0 Å². The number of nitrogens with one attached hydrogen (secondary N) is 2. The molecule has 0 bridgehead atoms. The Morgan fingerprint density at radius 3 is 2.61 bits per heavy atom. The van der Waals surface area contributed by atoms with E-state index in [-0.39, 0.29) is 11.3 Å². The van der Waals surface area contributed by atoms with E-state index in [1.807, 2.05) is 19.2 Å². The second-order valence-electron chi connectivity index (χ2n) is 4.98. The number of pyridine rings is 1. The summed E-state index contributed by atoms with van der Waals surface area (Å²) in [4.78, 5) is 16.6. The molecule has 1 saturated carbocycles. The van der Waals surface area contributed by atoms with Gasteiger partial charge in [0.05, 0.1) is 11.9 Å². The molecule has 0 radical (unpaired) electrons. The van der Waals surface area contributed by atoms with Crippen LogP contribution in [0.4, 0.5) is 11.5 Å². The predicted molar refractivity (Wildman–Crippen MR) is 73.6 cm³/mol. The molecule has 1 aromatic rings. The number of carbonyl (C=O) groups is 1. The third-order valence-corrected chi connectivity index (χ3v) is 4.00. The number of hydrogen-bond acceptors (Lipinski definition) is 3. The first kappa shape index (κ1) is 12.9. The third kappa shape index (κ3) is 2.47. The van der Waals surface area contributed by atoms with Crippen molar-refractivity contribution in [2.24, 2.45) is 5.41 Å². The molecule has 2 rings (SSSR count). The van der Waals surface area contributed by atoms with Crippen molar-refractivity contribution in [1.29, 1.82) is 0 Å². The molecule has 0 aromatic carbocycles. The van der Waals surface area contributed by atoms with Gasteiger partial charge in [-0.15, -0.1) is 0 Å². The Balaban J connectivity index is 2.05. The van der Waals surface area contributed by atoms with Crippen LogP contribution in [0.1, 0.15) is 39.0 Å². The molecule has 0 saturated heterocycles. The van der Waals surface area contributed by atoms with E-state index in [1.165, 1.54) is 0 Å². The average Bonchev–Trinajstić information content (AvgIpc) is 2.89. The van der Waals surface area contributed by atoms with Gasteiger partial charge in [0.1, 0.15) is 5.82 Å². The SMILES string of the molecule is CCC1(C(=O)Nc2ccc(NC)nc2)CCCC1. The topological polar surface area (TPSA) is 54.0 Å². The van der Waals surface area contributed by atoms with Crippen molar-refractivity contribution in [3.63, 3.8) is 0 Å². The van der Waals surface area contributed by atoms with Crippen molar-refractivity contribution < 1.29 is 4.79 Å². The van der Waals surface area contributed by atoms with E-state index in [2.05, 4.69) is 22.5 Å². The maximum Gasteiger partial charge on any atom is 0.230 e. The molecule has 1 fully saturated rings. The smallest absolute Gasteiger partial charge is 0.230 e. The van der Waals surface area contributed by atoms with Gasteiger partial charge in [0, 0.05) is 12.5 Å². The van der Waals surface area contributed by atoms with Crippen molar-refractivity contribution in [1.82, 2.24) is 4.98 Å². The Labute approximate surface area is 108 Å². The molecule has 0 atom stereocenters. The fraction of sp³-hybridized carbons (Fsp3) is 0.571. The molecule has 2 N–H and O–H groups in total. The van der Waals surface area contributed by atoms with Crippen molar-refractivity contribution in [2.45, 2.75) is 39.0 Å². The maximum atomic E-state index is 12.4. The number of anilines is 2. The summed E-state index contributed by atoms with van der Waals surface area (Å²) in [6.45, 7) is 2.10. The third-order valence-electron chi connectivity index (χ3n) is 4.00. The molecule has 98 valence electrons. The second kappa shape index (κ2) is 5.38. The normalized spacial score (nSPS) is 17.4. The zero-order valence-corrected chi connectivity index (χ0v) is 11.1. The van der Waals surface area contributed by atoms with Crippen molar-refractivity contribution >= 4 is 17.4 Å². The molecule has 4 nitrogen and oxygen atoms in total. The van der Waals surface area contributed by atoms with Crippen LogP contribution in [0.15, 0.2) is 18.3 Å². The number of amides is 1. The number of carbonyl (C=O) groups excluding carboxylic acids is 1. The molecule has 1 aliphatic carbocycles. The van der Waals surface area contributed by atoms with Gasteiger partial charge < -0.3 is 10.6 Å². The summed E-state index contributed by atoms with van der Waals surface area (Å²) in [5.74, 6) is 0.959. The Morgan fingerprint density at radius 1 is 1.39 bits per heavy atom. The summed E-state index contributed by atoms with van der Waals surface area (Å²) in [7, 11) is 1.82. The van der Waals surface area contributed by atoms with Crippen LogP contribution < -0.4 is 10.6 Å². The maximum absolute atomic E-state index is 12.4. The molecule has 18 heavy (non-hydrogen) atoms. The molecule has 0 spiro atoms. The lowest BCUT2D eigenvalue weighted by Crippen LogP contribution is -2.33. The Kier molecular flexibility index (Phi) is 3.84. The van der Waals surface area contributed by atoms with E-state index >= 15 is 0 Å². The molecular formula is C14H21N3O. The van der Waals surface area contributed by atoms with Crippen LogP contribution in [-0.2, 0) is 4.79 Å². The summed E-state index contributed by atoms with van der Waals surface area (Å²) in [5.41, 5.74) is 0.625. The van der Waals surface area contributed by atoms with Crippen molar-refractivity contribution in [2.75, 3.05) is 17.7 Å². The minimum Gasteiger partial charge on any atom is -0.373 e. The number of hydrogen-bond donors (Lipinski definition) is 2. The van der Waals surface area contributed by atoms with Crippen LogP contribution in [0, 0.1) is 5.41 Å². The first-order chi connectivity index (χ1) is 8.70. The predicted octanol–water partition coefficient (Wildman–Crippen LogP) is 3.03. The van der Waals surface area contributed by atoms with Gasteiger partial charge >= 0.3 is 0 Å². The monoisotopic (exact) mass is 247 g/mol. The zero-order chi connectivity index (χ0) is 13.0. The van der Waals surface area contributed by atoms with Crippen LogP contribution in [0.2, 0.25) is 0 Å². The lowest BCUT2D eigenvalue weighted by Gasteiger charge is -2.25. The minimum atomic E-state index is -0.151. The van der Waals surface area contributed by atoms with E-state index in [0.29, 0.717) is 0 Å². The van der Waals surface area contributed by atoms with Gasteiger partial charge in [-0.3, -0.25) is 4.79 Å². The summed E-state index contributed by atoms with van der Waals surface area (Å²) >= 11 is 0. The van der Waals surface area contributed by atoms with E-state index in [0.717, 1.165) is 43.6 Å². The van der Waals surface area contributed by atoms with Gasteiger partial charge in [-0.05, 0) is 31.4 Å². The molecule has 1 heterocycles. The van der Waals surface area contributed by atoms with Gasteiger partial charge in [-0.25, -0.2) is 4.98 Å². The van der Waals surface area contributed by atoms with E-state index < -0.39 is 0 Å². The first-order valence-corrected chi connectivity index (χ1v) is 6.65. The largest absolute Gasteiger partial charge is 0.373 e. The fourth-order valence-corrected chi connectivity index (χ4v) is 2.67. The molecule has 1 aliphatic rings. The number of nitrogens with zero attached hydrogens (tertiary/aromatic N) is 1. The van der Waals surface area contributed by atoms with E-state index in [9.17, 15) is 4.79 Å². The molecule has 1 aromatic heterocycles. The standard InChI is InChI=1S/C14H21N3O/c1-3-14(8-4-5-9-14)13(18)17-11-6-7-12(15-2)16-10-11/h6-7,10H,3-5,8-9H2,1-2H3,(H,15,16)(H,17,18). The van der Waals surface area contributed by atoms with Gasteiger partial charge in [-0.1, -0.05) is 19.8 Å². The summed E-state index contributed by atoms with van der Waals surface area (Å²) < 4.78 is 0. The summed E-state index contributed by atoms with van der Waals surface area (Å²) in [5, 5.41) is 5.96. The van der Waals surface area contributed by atoms with Gasteiger partial charge in [0.2, 0.25) is 5.91 Å². The van der Waals surface area contributed by atoms with E-state index in [4.69, 9.17) is 0 Å². The quantitative estimate of drug-likeness (QED) is 0.860. The number of rotatable bonds is 4. The van der Waals surface area contributed by atoms with Crippen molar-refractivity contribution in [3.8, 4) is 0 Å². The highest BCUT2D eigenvalue weighted by Gasteiger charge is 2.39. The van der Waals surface area contributed by atoms with Crippen LogP contribution in [0.25, 0.3) is 0 Å². The minimum absolute atomic E-state index is 0.151. The lowest BCUT2D eigenvalue weighted by atomic mass is 9.82. The molecule has 1 amide bonds. The summed E-state index contributed by atoms with van der Waals surface area (Å²) in [6.07, 6.45) is 6.97. The van der Waals surface area contributed by atoms with Crippen molar-refractivity contribution in [3.05, 3.63) is 18.3 Å². The first-order valence-electron chi connectivity index (χ1n) is 6.65. The van der Waals surface area contributed by atoms with E-state index in [1.54, 1.807) is 6.20 Å². The number of aromatic nitrogens is 1. The molecule has 0 aliphatic heterocycles. The fourth-order valence-electron chi connectivity index (χ4n) is 2.67. The van der Waals surface area contributed by atoms with Gasteiger partial charge in [-0.2, -0.15) is 0 Å². The zero-order valence-electron chi connectivity index (χ0n) is 11.1. The highest BCUT2D eigenvalue weighted by atomic mass is 16.2. The highest BCUT2D eigenvalue weighted by Crippen LogP contribution is 2.41.